The molecule has 5 heterocycles. The van der Waals surface area contributed by atoms with E-state index in [9.17, 15) is 52.7 Å². The molecule has 4 aromatic carbocycles. The quantitative estimate of drug-likeness (QED) is 0.0579. The Morgan fingerprint density at radius 1 is 0.254 bits per heavy atom. The van der Waals surface area contributed by atoms with Gasteiger partial charge in [0.15, 0.2) is 93.1 Å². The standard InChI is InChI=1S/C44H8F20N4.CO.Os/c45-25-21(26(46)34(54)41(61)33(25)53)17-9-1-2-10(65-9)18(22-27(47)35(55)42(62)36(56)28(22)48)12-5-6-14(67-12)20(24-31(51)39(59)44(64)40(60)32(24)52)16-8-7-15(68-16)19(13-4-3-11(17)66-13)23-29(49)37(57)43(63)38(58)30(23)50;1-2;/h1-8H;;/q-2;;+2. The summed E-state index contributed by atoms with van der Waals surface area (Å²) in [6.07, 6.45) is 2.26. The first-order chi connectivity index (χ1) is 33.1. The summed E-state index contributed by atoms with van der Waals surface area (Å²) in [4.78, 5) is 15.6. The van der Waals surface area contributed by atoms with E-state index in [4.69, 9.17) is 4.65 Å². The van der Waals surface area contributed by atoms with Crippen molar-refractivity contribution in [3.8, 4) is 44.5 Å². The zero-order valence-electron chi connectivity index (χ0n) is 33.2. The van der Waals surface area contributed by atoms with Crippen LogP contribution in [0.5, 0.6) is 0 Å². The number of nitrogens with zero attached hydrogens (tertiary/aromatic N) is 4. The molecule has 0 fully saturated rings. The molecule has 9 rings (SSSR count). The second kappa shape index (κ2) is 18.7. The third-order valence-electron chi connectivity index (χ3n) is 10.4. The van der Waals surface area contributed by atoms with Gasteiger partial charge in [0.25, 0.3) is 0 Å². The van der Waals surface area contributed by atoms with Gasteiger partial charge in [0.05, 0.1) is 45.0 Å². The average molecular weight is 1190 g/mol. The van der Waals surface area contributed by atoms with E-state index in [0.29, 0.717) is 48.6 Å². The monoisotopic (exact) mass is 1190 g/mol. The van der Waals surface area contributed by atoms with E-state index in [2.05, 4.69) is 26.6 Å². The first-order valence-corrected chi connectivity index (χ1v) is 18.4. The Balaban J connectivity index is 0.00000244. The van der Waals surface area contributed by atoms with E-state index in [1.165, 1.54) is 0 Å². The maximum Gasteiger partial charge on any atom is 2.00 e. The van der Waals surface area contributed by atoms with E-state index >= 15 is 35.1 Å². The molecule has 362 valence electrons. The first kappa shape index (κ1) is 51.3. The molecule has 7 aromatic rings. The fourth-order valence-corrected chi connectivity index (χ4v) is 7.41. The van der Waals surface area contributed by atoms with Crippen molar-refractivity contribution in [3.63, 3.8) is 0 Å². The molecule has 0 N–H and O–H groups in total. The molecule has 0 amide bonds. The molecule has 26 heteroatoms. The van der Waals surface area contributed by atoms with E-state index in [-0.39, 0.29) is 19.8 Å². The molecule has 0 spiro atoms. The molecule has 0 aliphatic carbocycles. The number of fused-ring (bicyclic) bond motifs is 8. The molecule has 0 unspecified atom stereocenters. The van der Waals surface area contributed by atoms with E-state index < -0.39 is 206 Å². The Morgan fingerprint density at radius 2 is 0.394 bits per heavy atom. The third-order valence-corrected chi connectivity index (χ3v) is 10.4. The van der Waals surface area contributed by atoms with Crippen LogP contribution in [0.2, 0.25) is 0 Å². The Hall–Kier alpha value is -7.54. The van der Waals surface area contributed by atoms with Gasteiger partial charge in [-0.2, -0.15) is 0 Å². The van der Waals surface area contributed by atoms with E-state index in [0.717, 1.165) is 0 Å². The van der Waals surface area contributed by atoms with Gasteiger partial charge < -0.3 is 9.97 Å². The van der Waals surface area contributed by atoms with Crippen LogP contribution in [0.1, 0.15) is 22.8 Å². The summed E-state index contributed by atoms with van der Waals surface area (Å²) >= 11 is 0. The summed E-state index contributed by atoms with van der Waals surface area (Å²) in [7, 11) is 0. The van der Waals surface area contributed by atoms with Gasteiger partial charge in [-0.05, 0) is 46.6 Å². The topological polar surface area (TPSA) is 73.9 Å². The summed E-state index contributed by atoms with van der Waals surface area (Å²) in [5.41, 5.74) is -21.6. The molecule has 8 bridgehead atoms. The van der Waals surface area contributed by atoms with Crippen LogP contribution in [0, 0.1) is 123 Å². The van der Waals surface area contributed by atoms with Crippen LogP contribution in [0.4, 0.5) is 87.8 Å². The maximum absolute atomic E-state index is 15.8. The van der Waals surface area contributed by atoms with Crippen LogP contribution >= 0.6 is 0 Å². The van der Waals surface area contributed by atoms with Gasteiger partial charge in [0.1, 0.15) is 0 Å². The van der Waals surface area contributed by atoms with Crippen LogP contribution < -0.4 is 9.97 Å². The van der Waals surface area contributed by atoms with Gasteiger partial charge in [-0.1, -0.05) is 24.3 Å². The van der Waals surface area contributed by atoms with Crippen LogP contribution in [-0.2, 0) is 24.4 Å². The Bertz CT molecular complexity index is 3180. The van der Waals surface area contributed by atoms with Crippen molar-refractivity contribution in [3.05, 3.63) is 170 Å². The summed E-state index contributed by atoms with van der Waals surface area (Å²) in [6.45, 7) is 4.50. The van der Waals surface area contributed by atoms with Gasteiger partial charge in [-0.3, -0.25) is 0 Å². The minimum absolute atomic E-state index is 0. The molecule has 5 nitrogen and oxygen atoms in total. The molecule has 2 aliphatic heterocycles. The average Bonchev–Trinajstić information content (AvgIpc) is 4.21. The number of benzene rings is 4. The zero-order chi connectivity index (χ0) is 51.3. The molecule has 3 aromatic heterocycles. The van der Waals surface area contributed by atoms with E-state index in [1.807, 2.05) is 0 Å². The van der Waals surface area contributed by atoms with Gasteiger partial charge >= 0.3 is 31.1 Å². The van der Waals surface area contributed by atoms with Crippen molar-refractivity contribution in [2.24, 2.45) is 0 Å². The summed E-state index contributed by atoms with van der Waals surface area (Å²) in [5, 5.41) is 0. The number of hydrogen-bond donors (Lipinski definition) is 0. The second-order valence-corrected chi connectivity index (χ2v) is 14.1. The third kappa shape index (κ3) is 7.68. The Morgan fingerprint density at radius 3 is 0.549 bits per heavy atom. The Kier molecular flexibility index (Phi) is 13.5. The first-order valence-electron chi connectivity index (χ1n) is 18.4. The van der Waals surface area contributed by atoms with Crippen LogP contribution in [0.3, 0.4) is 0 Å². The predicted octanol–water partition coefficient (Wildman–Crippen LogP) is 13.3. The number of aromatic nitrogens is 4. The van der Waals surface area contributed by atoms with Crippen molar-refractivity contribution >= 4 is 46.4 Å². The molecule has 0 saturated heterocycles. The van der Waals surface area contributed by atoms with Gasteiger partial charge in [0.2, 0.25) is 23.3 Å². The van der Waals surface area contributed by atoms with Crippen LogP contribution in [-0.4, -0.2) is 9.97 Å². The SMILES string of the molecule is Fc1c(F)c(F)c(-c2c3nc(c(-c4c(F)c(F)c(F)c(F)c4F)c4ccc([n-]4)c(-c4c(F)c(F)c(F)c(F)c4F)c4nc(c(-c5c(F)c(F)c(F)c(F)c5F)c5ccc2[n-]5)C=C4)C=C3)c(F)c1F.[C-]#[O+].[Os+2]. The maximum atomic E-state index is 15.8. The molecule has 0 saturated carbocycles. The molecular weight excluding hydrogens is 1180 g/mol. The predicted molar refractivity (Wildman–Crippen MR) is 202 cm³/mol. The van der Waals surface area contributed by atoms with Crippen molar-refractivity contribution in [1.82, 2.24) is 19.9 Å². The molecule has 2 aliphatic rings. The summed E-state index contributed by atoms with van der Waals surface area (Å²) < 4.78 is 310. The molecule has 0 atom stereocenters. The minimum Gasteiger partial charge on any atom is 2.00 e. The molecular formula is C45H8F20N4OOs. The minimum atomic E-state index is -2.73. The summed E-state index contributed by atoms with van der Waals surface area (Å²) in [6, 6.07) is 2.26. The smallest absolute Gasteiger partial charge is 2.00 e. The van der Waals surface area contributed by atoms with Crippen molar-refractivity contribution in [1.29, 1.82) is 0 Å². The molecule has 0 radical (unpaired) electrons. The number of hydrogen-bond acceptors (Lipinski definition) is 2. The van der Waals surface area contributed by atoms with Crippen LogP contribution in [0.25, 0.3) is 90.9 Å². The van der Waals surface area contributed by atoms with Crippen molar-refractivity contribution in [2.45, 2.75) is 0 Å². The van der Waals surface area contributed by atoms with E-state index in [1.54, 1.807) is 0 Å². The number of rotatable bonds is 4. The van der Waals surface area contributed by atoms with Gasteiger partial charge in [0, 0.05) is 0 Å². The van der Waals surface area contributed by atoms with Crippen molar-refractivity contribution < 1.29 is 112 Å². The van der Waals surface area contributed by atoms with Crippen LogP contribution in [0.15, 0.2) is 24.3 Å². The van der Waals surface area contributed by atoms with Crippen molar-refractivity contribution in [2.75, 3.05) is 0 Å². The van der Waals surface area contributed by atoms with Gasteiger partial charge in [-0.15, -0.1) is 22.1 Å². The fraction of sp³-hybridized carbons (Fsp3) is 0. The molecule has 71 heavy (non-hydrogen) atoms. The largest absolute Gasteiger partial charge is 2.00 e. The normalized spacial score (nSPS) is 11.8. The second-order valence-electron chi connectivity index (χ2n) is 14.1. The van der Waals surface area contributed by atoms with Gasteiger partial charge in [-0.25, -0.2) is 97.8 Å². The number of halogens is 20. The zero-order valence-corrected chi connectivity index (χ0v) is 35.8. The summed E-state index contributed by atoms with van der Waals surface area (Å²) in [5.74, 6) is -53.1. The fourth-order valence-electron chi connectivity index (χ4n) is 7.41. The Labute approximate surface area is 392 Å².